The smallest absolute Gasteiger partial charge is 0.127 e. The minimum atomic E-state index is -0.0144. The highest BCUT2D eigenvalue weighted by atomic mass is 16.5. The van der Waals surface area contributed by atoms with Crippen molar-refractivity contribution in [2.24, 2.45) is 12.8 Å². The van der Waals surface area contributed by atoms with Crippen molar-refractivity contribution >= 4 is 0 Å². The van der Waals surface area contributed by atoms with Gasteiger partial charge in [-0.15, -0.1) is 0 Å². The Balaban J connectivity index is 1.59. The third-order valence-corrected chi connectivity index (χ3v) is 3.22. The maximum atomic E-state index is 5.90. The molecule has 0 saturated heterocycles. The van der Waals surface area contributed by atoms with Crippen LogP contribution in [-0.4, -0.2) is 23.0 Å². The number of ether oxygens (including phenoxy) is 2. The molecule has 5 heteroatoms. The molecule has 0 spiro atoms. The zero-order chi connectivity index (χ0) is 13.2. The second-order valence-electron chi connectivity index (χ2n) is 4.74. The Labute approximate surface area is 111 Å². The SMILES string of the molecule is Cn1cc(CCOc2ccc3c(c2)OCC3N)cn1. The van der Waals surface area contributed by atoms with Crippen LogP contribution in [0, 0.1) is 0 Å². The lowest BCUT2D eigenvalue weighted by Crippen LogP contribution is -2.10. The number of aromatic nitrogens is 2. The Hall–Kier alpha value is -2.01. The van der Waals surface area contributed by atoms with E-state index in [4.69, 9.17) is 15.2 Å². The average molecular weight is 259 g/mol. The number of benzene rings is 1. The van der Waals surface area contributed by atoms with E-state index in [2.05, 4.69) is 5.10 Å². The van der Waals surface area contributed by atoms with E-state index >= 15 is 0 Å². The molecular weight excluding hydrogens is 242 g/mol. The fourth-order valence-electron chi connectivity index (χ4n) is 2.19. The van der Waals surface area contributed by atoms with Gasteiger partial charge in [0, 0.05) is 31.3 Å². The predicted octanol–water partition coefficient (Wildman–Crippen LogP) is 1.43. The number of fused-ring (bicyclic) bond motifs is 1. The van der Waals surface area contributed by atoms with E-state index in [0.29, 0.717) is 13.2 Å². The third-order valence-electron chi connectivity index (χ3n) is 3.22. The molecule has 0 fully saturated rings. The van der Waals surface area contributed by atoms with Crippen LogP contribution in [0.1, 0.15) is 17.2 Å². The Morgan fingerprint density at radius 3 is 3.21 bits per heavy atom. The first-order valence-electron chi connectivity index (χ1n) is 6.35. The van der Waals surface area contributed by atoms with Crippen molar-refractivity contribution in [3.05, 3.63) is 41.7 Å². The minimum absolute atomic E-state index is 0.0144. The highest BCUT2D eigenvalue weighted by Gasteiger charge is 2.20. The summed E-state index contributed by atoms with van der Waals surface area (Å²) in [5, 5.41) is 4.13. The van der Waals surface area contributed by atoms with Crippen LogP contribution >= 0.6 is 0 Å². The predicted molar refractivity (Wildman–Crippen MR) is 71.3 cm³/mol. The molecule has 0 amide bonds. The van der Waals surface area contributed by atoms with Gasteiger partial charge in [0.25, 0.3) is 0 Å². The zero-order valence-corrected chi connectivity index (χ0v) is 10.9. The van der Waals surface area contributed by atoms with Gasteiger partial charge in [-0.1, -0.05) is 0 Å². The highest BCUT2D eigenvalue weighted by Crippen LogP contribution is 2.33. The first-order chi connectivity index (χ1) is 9.22. The van der Waals surface area contributed by atoms with Gasteiger partial charge in [-0.25, -0.2) is 0 Å². The van der Waals surface area contributed by atoms with E-state index in [-0.39, 0.29) is 6.04 Å². The number of nitrogens with two attached hydrogens (primary N) is 1. The molecule has 2 N–H and O–H groups in total. The lowest BCUT2D eigenvalue weighted by molar-refractivity contribution is 0.313. The van der Waals surface area contributed by atoms with E-state index in [1.54, 1.807) is 4.68 Å². The van der Waals surface area contributed by atoms with Crippen LogP contribution in [0.25, 0.3) is 0 Å². The molecule has 1 aliphatic heterocycles. The van der Waals surface area contributed by atoms with E-state index in [9.17, 15) is 0 Å². The van der Waals surface area contributed by atoms with Crippen LogP contribution in [0.3, 0.4) is 0 Å². The molecule has 1 aliphatic rings. The molecule has 1 aromatic carbocycles. The van der Waals surface area contributed by atoms with Gasteiger partial charge < -0.3 is 15.2 Å². The monoisotopic (exact) mass is 259 g/mol. The van der Waals surface area contributed by atoms with Gasteiger partial charge in [-0.2, -0.15) is 5.10 Å². The molecule has 3 rings (SSSR count). The van der Waals surface area contributed by atoms with Crippen molar-refractivity contribution < 1.29 is 9.47 Å². The minimum Gasteiger partial charge on any atom is -0.493 e. The Bertz CT molecular complexity index is 580. The molecule has 0 radical (unpaired) electrons. The Kier molecular flexibility index (Phi) is 3.13. The normalized spacial score (nSPS) is 17.1. The summed E-state index contributed by atoms with van der Waals surface area (Å²) in [4.78, 5) is 0. The van der Waals surface area contributed by atoms with Crippen molar-refractivity contribution in [1.82, 2.24) is 9.78 Å². The summed E-state index contributed by atoms with van der Waals surface area (Å²) in [6.45, 7) is 1.17. The molecule has 1 atom stereocenters. The Morgan fingerprint density at radius 1 is 1.53 bits per heavy atom. The van der Waals surface area contributed by atoms with Crippen LogP contribution in [0.2, 0.25) is 0 Å². The fourth-order valence-corrected chi connectivity index (χ4v) is 2.19. The van der Waals surface area contributed by atoms with E-state index in [1.807, 2.05) is 37.6 Å². The summed E-state index contributed by atoms with van der Waals surface area (Å²) < 4.78 is 13.0. The van der Waals surface area contributed by atoms with Crippen LogP contribution in [0.15, 0.2) is 30.6 Å². The van der Waals surface area contributed by atoms with Gasteiger partial charge in [0.05, 0.1) is 18.8 Å². The number of hydrogen-bond donors (Lipinski definition) is 1. The number of hydrogen-bond acceptors (Lipinski definition) is 4. The van der Waals surface area contributed by atoms with Gasteiger partial charge in [0.1, 0.15) is 18.1 Å². The van der Waals surface area contributed by atoms with Crippen LogP contribution in [0.5, 0.6) is 11.5 Å². The molecule has 0 saturated carbocycles. The maximum absolute atomic E-state index is 5.90. The molecular formula is C14H17N3O2. The zero-order valence-electron chi connectivity index (χ0n) is 10.9. The number of aryl methyl sites for hydroxylation is 1. The summed E-state index contributed by atoms with van der Waals surface area (Å²) in [5.74, 6) is 1.66. The van der Waals surface area contributed by atoms with Gasteiger partial charge in [-0.3, -0.25) is 4.68 Å². The third kappa shape index (κ3) is 2.56. The van der Waals surface area contributed by atoms with E-state index in [1.165, 1.54) is 5.56 Å². The summed E-state index contributed by atoms with van der Waals surface area (Å²) in [7, 11) is 1.91. The first kappa shape index (κ1) is 12.0. The summed E-state index contributed by atoms with van der Waals surface area (Å²) >= 11 is 0. The van der Waals surface area contributed by atoms with E-state index in [0.717, 1.165) is 23.5 Å². The lowest BCUT2D eigenvalue weighted by atomic mass is 10.1. The number of nitrogens with zero attached hydrogens (tertiary/aromatic N) is 2. The highest BCUT2D eigenvalue weighted by molar-refractivity contribution is 5.44. The molecule has 5 nitrogen and oxygen atoms in total. The van der Waals surface area contributed by atoms with Crippen LogP contribution in [-0.2, 0) is 13.5 Å². The number of rotatable bonds is 4. The standard InChI is InChI=1S/C14H17N3O2/c1-17-8-10(7-16-17)4-5-18-11-2-3-12-13(15)9-19-14(12)6-11/h2-3,6-8,13H,4-5,9,15H2,1H3. The second-order valence-corrected chi connectivity index (χ2v) is 4.74. The topological polar surface area (TPSA) is 62.3 Å². The quantitative estimate of drug-likeness (QED) is 0.902. The lowest BCUT2D eigenvalue weighted by Gasteiger charge is -2.07. The van der Waals surface area contributed by atoms with Gasteiger partial charge in [0.15, 0.2) is 0 Å². The van der Waals surface area contributed by atoms with Crippen molar-refractivity contribution in [1.29, 1.82) is 0 Å². The molecule has 0 bridgehead atoms. The van der Waals surface area contributed by atoms with Gasteiger partial charge in [-0.05, 0) is 17.7 Å². The molecule has 1 unspecified atom stereocenters. The fraction of sp³-hybridized carbons (Fsp3) is 0.357. The molecule has 1 aromatic heterocycles. The summed E-state index contributed by atoms with van der Waals surface area (Å²) in [6, 6.07) is 5.81. The van der Waals surface area contributed by atoms with Gasteiger partial charge in [0.2, 0.25) is 0 Å². The second kappa shape index (κ2) is 4.93. The Morgan fingerprint density at radius 2 is 2.42 bits per heavy atom. The average Bonchev–Trinajstić information content (AvgIpc) is 2.97. The molecule has 2 heterocycles. The summed E-state index contributed by atoms with van der Waals surface area (Å²) in [5.41, 5.74) is 8.12. The molecule has 100 valence electrons. The first-order valence-corrected chi connectivity index (χ1v) is 6.35. The molecule has 0 aliphatic carbocycles. The van der Waals surface area contributed by atoms with Gasteiger partial charge >= 0.3 is 0 Å². The molecule has 19 heavy (non-hydrogen) atoms. The largest absolute Gasteiger partial charge is 0.493 e. The van der Waals surface area contributed by atoms with Crippen molar-refractivity contribution in [2.45, 2.75) is 12.5 Å². The molecule has 2 aromatic rings. The van der Waals surface area contributed by atoms with Crippen LogP contribution in [0.4, 0.5) is 0 Å². The summed E-state index contributed by atoms with van der Waals surface area (Å²) in [6.07, 6.45) is 4.69. The van der Waals surface area contributed by atoms with E-state index < -0.39 is 0 Å². The van der Waals surface area contributed by atoms with Crippen LogP contribution < -0.4 is 15.2 Å². The maximum Gasteiger partial charge on any atom is 0.127 e. The van der Waals surface area contributed by atoms with Crippen molar-refractivity contribution in [3.8, 4) is 11.5 Å². The van der Waals surface area contributed by atoms with Crippen molar-refractivity contribution in [3.63, 3.8) is 0 Å². The van der Waals surface area contributed by atoms with Crippen molar-refractivity contribution in [2.75, 3.05) is 13.2 Å².